The van der Waals surface area contributed by atoms with Gasteiger partial charge in [-0.05, 0) is 46.1 Å². The van der Waals surface area contributed by atoms with E-state index < -0.39 is 5.60 Å². The number of aliphatic hydroxyl groups is 1. The fraction of sp³-hybridized carbons (Fsp3) is 0.786. The zero-order valence-electron chi connectivity index (χ0n) is 11.6. The third kappa shape index (κ3) is 3.31. The van der Waals surface area contributed by atoms with Crippen LogP contribution in [0, 0.1) is 13.8 Å². The molecule has 0 aliphatic heterocycles. The fourth-order valence-corrected chi connectivity index (χ4v) is 3.79. The van der Waals surface area contributed by atoms with Crippen molar-refractivity contribution in [1.82, 2.24) is 10.3 Å². The molecule has 1 aromatic rings. The Balaban J connectivity index is 1.93. The Morgan fingerprint density at radius 1 is 1.39 bits per heavy atom. The van der Waals surface area contributed by atoms with Crippen LogP contribution in [0.5, 0.6) is 0 Å². The Hall–Kier alpha value is -0.450. The topological polar surface area (TPSA) is 45.1 Å². The van der Waals surface area contributed by atoms with Crippen molar-refractivity contribution in [2.45, 2.75) is 64.5 Å². The number of thiazole rings is 1. The van der Waals surface area contributed by atoms with Crippen molar-refractivity contribution < 1.29 is 5.11 Å². The van der Waals surface area contributed by atoms with Gasteiger partial charge < -0.3 is 10.4 Å². The first-order valence-corrected chi connectivity index (χ1v) is 7.73. The van der Waals surface area contributed by atoms with Gasteiger partial charge in [0.05, 0.1) is 16.3 Å². The molecule has 0 bridgehead atoms. The maximum atomic E-state index is 10.6. The van der Waals surface area contributed by atoms with Crippen LogP contribution in [0.4, 0.5) is 0 Å². The Labute approximate surface area is 114 Å². The molecule has 2 N–H and O–H groups in total. The van der Waals surface area contributed by atoms with Crippen LogP contribution in [0.1, 0.15) is 48.2 Å². The van der Waals surface area contributed by atoms with Crippen LogP contribution < -0.4 is 5.32 Å². The van der Waals surface area contributed by atoms with E-state index in [-0.39, 0.29) is 0 Å². The average Bonchev–Trinajstić information content (AvgIpc) is 2.61. The molecular weight excluding hydrogens is 244 g/mol. The number of aromatic nitrogens is 1. The molecule has 3 nitrogen and oxygen atoms in total. The number of hydrogen-bond acceptors (Lipinski definition) is 4. The van der Waals surface area contributed by atoms with E-state index in [1.54, 1.807) is 11.3 Å². The van der Waals surface area contributed by atoms with Gasteiger partial charge in [0.15, 0.2) is 0 Å². The molecule has 0 unspecified atom stereocenters. The molecule has 1 aliphatic rings. The molecule has 0 saturated heterocycles. The highest BCUT2D eigenvalue weighted by molar-refractivity contribution is 7.11. The van der Waals surface area contributed by atoms with Crippen molar-refractivity contribution in [3.05, 3.63) is 15.6 Å². The molecule has 102 valence electrons. The number of nitrogens with zero attached hydrogens (tertiary/aromatic N) is 1. The maximum Gasteiger partial charge on any atom is 0.0959 e. The number of aryl methyl sites for hydroxylation is 2. The van der Waals surface area contributed by atoms with E-state index in [1.165, 1.54) is 4.88 Å². The molecular formula is C14H24N2OS. The van der Waals surface area contributed by atoms with E-state index in [0.29, 0.717) is 6.04 Å². The highest BCUT2D eigenvalue weighted by Gasteiger charge is 2.33. The molecule has 2 rings (SSSR count). The molecule has 1 aromatic heterocycles. The SMILES string of the molecule is CCNC1CCC(O)(Cc2nc(C)c(C)s2)CC1. The van der Waals surface area contributed by atoms with Crippen molar-refractivity contribution in [2.75, 3.05) is 6.54 Å². The van der Waals surface area contributed by atoms with Crippen LogP contribution in [0.3, 0.4) is 0 Å². The van der Waals surface area contributed by atoms with Crippen molar-refractivity contribution in [3.63, 3.8) is 0 Å². The highest BCUT2D eigenvalue weighted by Crippen LogP contribution is 2.32. The molecule has 1 aliphatic carbocycles. The lowest BCUT2D eigenvalue weighted by atomic mass is 9.80. The second kappa shape index (κ2) is 5.68. The Kier molecular flexibility index (Phi) is 4.41. The molecule has 0 atom stereocenters. The van der Waals surface area contributed by atoms with Gasteiger partial charge in [0.2, 0.25) is 0 Å². The number of rotatable bonds is 4. The maximum absolute atomic E-state index is 10.6. The quantitative estimate of drug-likeness (QED) is 0.882. The van der Waals surface area contributed by atoms with Gasteiger partial charge in [-0.3, -0.25) is 0 Å². The molecule has 1 fully saturated rings. The first-order chi connectivity index (χ1) is 8.52. The summed E-state index contributed by atoms with van der Waals surface area (Å²) in [5.41, 5.74) is 0.586. The Bertz CT molecular complexity index is 375. The third-order valence-corrected chi connectivity index (χ3v) is 5.04. The third-order valence-electron chi connectivity index (χ3n) is 3.96. The number of hydrogen-bond donors (Lipinski definition) is 2. The fourth-order valence-electron chi connectivity index (χ4n) is 2.72. The average molecular weight is 268 g/mol. The van der Waals surface area contributed by atoms with E-state index in [4.69, 9.17) is 0 Å². The predicted molar refractivity (Wildman–Crippen MR) is 76.2 cm³/mol. The lowest BCUT2D eigenvalue weighted by Gasteiger charge is -2.35. The first kappa shape index (κ1) is 14.0. The van der Waals surface area contributed by atoms with E-state index in [2.05, 4.69) is 24.1 Å². The van der Waals surface area contributed by atoms with Crippen molar-refractivity contribution in [3.8, 4) is 0 Å². The van der Waals surface area contributed by atoms with E-state index >= 15 is 0 Å². The summed E-state index contributed by atoms with van der Waals surface area (Å²) in [5, 5.41) is 15.2. The van der Waals surface area contributed by atoms with Crippen LogP contribution in [-0.2, 0) is 6.42 Å². The van der Waals surface area contributed by atoms with E-state index in [9.17, 15) is 5.11 Å². The van der Waals surface area contributed by atoms with Crippen LogP contribution >= 0.6 is 11.3 Å². The van der Waals surface area contributed by atoms with Gasteiger partial charge >= 0.3 is 0 Å². The summed E-state index contributed by atoms with van der Waals surface area (Å²) in [6.45, 7) is 7.31. The minimum absolute atomic E-state index is 0.525. The van der Waals surface area contributed by atoms with Gasteiger partial charge in [-0.15, -0.1) is 11.3 Å². The summed E-state index contributed by atoms with van der Waals surface area (Å²) in [5.74, 6) is 0. The zero-order valence-corrected chi connectivity index (χ0v) is 12.4. The van der Waals surface area contributed by atoms with Gasteiger partial charge in [-0.2, -0.15) is 0 Å². The normalized spacial score (nSPS) is 28.6. The molecule has 0 radical (unpaired) electrons. The summed E-state index contributed by atoms with van der Waals surface area (Å²) in [6.07, 6.45) is 4.66. The Morgan fingerprint density at radius 3 is 2.56 bits per heavy atom. The summed E-state index contributed by atoms with van der Waals surface area (Å²) in [4.78, 5) is 5.82. The van der Waals surface area contributed by atoms with Crippen molar-refractivity contribution in [1.29, 1.82) is 0 Å². The van der Waals surface area contributed by atoms with Gasteiger partial charge in [0.25, 0.3) is 0 Å². The molecule has 0 amide bonds. The molecule has 0 spiro atoms. The van der Waals surface area contributed by atoms with Gasteiger partial charge in [0, 0.05) is 17.3 Å². The second-order valence-electron chi connectivity index (χ2n) is 5.48. The zero-order chi connectivity index (χ0) is 13.2. The number of nitrogens with one attached hydrogen (secondary N) is 1. The summed E-state index contributed by atoms with van der Waals surface area (Å²) < 4.78 is 0. The standard InChI is InChI=1S/C14H24N2OS/c1-4-15-12-5-7-14(17,8-6-12)9-13-16-10(2)11(3)18-13/h12,15,17H,4-9H2,1-3H3. The highest BCUT2D eigenvalue weighted by atomic mass is 32.1. The van der Waals surface area contributed by atoms with Crippen molar-refractivity contribution in [2.24, 2.45) is 0 Å². The van der Waals surface area contributed by atoms with E-state index in [1.807, 2.05) is 6.92 Å². The summed E-state index contributed by atoms with van der Waals surface area (Å²) in [7, 11) is 0. The minimum Gasteiger partial charge on any atom is -0.389 e. The van der Waals surface area contributed by atoms with Gasteiger partial charge in [-0.1, -0.05) is 6.92 Å². The summed E-state index contributed by atoms with van der Waals surface area (Å²) >= 11 is 1.73. The minimum atomic E-state index is -0.525. The van der Waals surface area contributed by atoms with Crippen LogP contribution in [0.2, 0.25) is 0 Å². The lowest BCUT2D eigenvalue weighted by Crippen LogP contribution is -2.42. The molecule has 18 heavy (non-hydrogen) atoms. The lowest BCUT2D eigenvalue weighted by molar-refractivity contribution is -0.00299. The monoisotopic (exact) mass is 268 g/mol. The van der Waals surface area contributed by atoms with Crippen molar-refractivity contribution >= 4 is 11.3 Å². The van der Waals surface area contributed by atoms with Crippen LogP contribution in [-0.4, -0.2) is 28.3 Å². The summed E-state index contributed by atoms with van der Waals surface area (Å²) in [6, 6.07) is 0.593. The predicted octanol–water partition coefficient (Wildman–Crippen LogP) is 2.59. The largest absolute Gasteiger partial charge is 0.389 e. The smallest absolute Gasteiger partial charge is 0.0959 e. The van der Waals surface area contributed by atoms with E-state index in [0.717, 1.165) is 49.4 Å². The second-order valence-corrected chi connectivity index (χ2v) is 6.77. The van der Waals surface area contributed by atoms with Crippen LogP contribution in [0.15, 0.2) is 0 Å². The molecule has 4 heteroatoms. The molecule has 1 saturated carbocycles. The molecule has 1 heterocycles. The van der Waals surface area contributed by atoms with Gasteiger partial charge in [-0.25, -0.2) is 4.98 Å². The molecule has 0 aromatic carbocycles. The Morgan fingerprint density at radius 2 is 2.06 bits per heavy atom. The van der Waals surface area contributed by atoms with Gasteiger partial charge in [0.1, 0.15) is 0 Å². The van der Waals surface area contributed by atoms with Crippen LogP contribution in [0.25, 0.3) is 0 Å². The first-order valence-electron chi connectivity index (χ1n) is 6.91.